The number of thioether (sulfide) groups is 1. The van der Waals surface area contributed by atoms with Crippen LogP contribution < -0.4 is 15.5 Å². The molecule has 2 aliphatic heterocycles. The van der Waals surface area contributed by atoms with E-state index in [1.54, 1.807) is 4.90 Å². The Labute approximate surface area is 141 Å². The van der Waals surface area contributed by atoms with Gasteiger partial charge in [0.1, 0.15) is 6.04 Å². The average Bonchev–Trinajstić information content (AvgIpc) is 2.90. The van der Waals surface area contributed by atoms with Gasteiger partial charge >= 0.3 is 0 Å². The van der Waals surface area contributed by atoms with Crippen LogP contribution in [0.25, 0.3) is 0 Å². The molecule has 2 amide bonds. The van der Waals surface area contributed by atoms with Crippen molar-refractivity contribution in [2.24, 2.45) is 0 Å². The number of nitrogens with one attached hydrogen (secondary N) is 2. The summed E-state index contributed by atoms with van der Waals surface area (Å²) in [6.07, 6.45) is 1.12. The number of nitrogens with zero attached hydrogens (tertiary/aromatic N) is 1. The van der Waals surface area contributed by atoms with Crippen LogP contribution in [0.15, 0.2) is 24.3 Å². The van der Waals surface area contributed by atoms with Crippen LogP contribution in [-0.4, -0.2) is 48.5 Å². The molecule has 0 radical (unpaired) electrons. The summed E-state index contributed by atoms with van der Waals surface area (Å²) in [5, 5.41) is 6.26. The monoisotopic (exact) mass is 333 g/mol. The number of aryl methyl sites for hydroxylation is 1. The second kappa shape index (κ2) is 7.36. The predicted octanol–water partition coefficient (Wildman–Crippen LogP) is 1.31. The van der Waals surface area contributed by atoms with Gasteiger partial charge in [0.15, 0.2) is 0 Å². The van der Waals surface area contributed by atoms with E-state index >= 15 is 0 Å². The fourth-order valence-electron chi connectivity index (χ4n) is 3.02. The van der Waals surface area contributed by atoms with Gasteiger partial charge in [-0.1, -0.05) is 17.7 Å². The molecule has 5 nitrogen and oxygen atoms in total. The summed E-state index contributed by atoms with van der Waals surface area (Å²) < 4.78 is 0. The lowest BCUT2D eigenvalue weighted by Gasteiger charge is -2.23. The fraction of sp³-hybridized carbons (Fsp3) is 0.529. The van der Waals surface area contributed by atoms with Crippen molar-refractivity contribution in [3.8, 4) is 0 Å². The van der Waals surface area contributed by atoms with Crippen LogP contribution in [0.2, 0.25) is 0 Å². The Kier molecular flexibility index (Phi) is 5.23. The molecule has 23 heavy (non-hydrogen) atoms. The number of amides is 2. The van der Waals surface area contributed by atoms with Gasteiger partial charge in [-0.15, -0.1) is 0 Å². The molecule has 2 saturated heterocycles. The van der Waals surface area contributed by atoms with E-state index in [9.17, 15) is 9.59 Å². The Morgan fingerprint density at radius 3 is 2.87 bits per heavy atom. The minimum atomic E-state index is -0.389. The Hall–Kier alpha value is -1.53. The van der Waals surface area contributed by atoms with E-state index in [2.05, 4.69) is 10.6 Å². The number of benzene rings is 1. The van der Waals surface area contributed by atoms with Gasteiger partial charge in [-0.2, -0.15) is 11.8 Å². The summed E-state index contributed by atoms with van der Waals surface area (Å²) >= 11 is 1.87. The molecule has 2 heterocycles. The van der Waals surface area contributed by atoms with Crippen molar-refractivity contribution in [3.05, 3.63) is 29.8 Å². The smallest absolute Gasteiger partial charge is 0.249 e. The molecule has 2 atom stereocenters. The van der Waals surface area contributed by atoms with Gasteiger partial charge in [-0.3, -0.25) is 9.59 Å². The third-order valence-electron chi connectivity index (χ3n) is 4.32. The van der Waals surface area contributed by atoms with E-state index in [1.165, 1.54) is 5.56 Å². The van der Waals surface area contributed by atoms with Crippen molar-refractivity contribution in [2.45, 2.75) is 31.8 Å². The van der Waals surface area contributed by atoms with E-state index in [1.807, 2.05) is 43.0 Å². The Morgan fingerprint density at radius 2 is 2.17 bits per heavy atom. The molecule has 2 N–H and O–H groups in total. The summed E-state index contributed by atoms with van der Waals surface area (Å²) in [7, 11) is 0. The molecule has 6 heteroatoms. The van der Waals surface area contributed by atoms with E-state index in [0.29, 0.717) is 19.4 Å². The highest BCUT2D eigenvalue weighted by Crippen LogP contribution is 2.22. The lowest BCUT2D eigenvalue weighted by atomic mass is 10.2. The number of rotatable bonds is 4. The molecule has 2 aliphatic rings. The van der Waals surface area contributed by atoms with E-state index < -0.39 is 0 Å². The second-order valence-corrected chi connectivity index (χ2v) is 7.31. The van der Waals surface area contributed by atoms with Crippen LogP contribution in [0, 0.1) is 6.92 Å². The highest BCUT2D eigenvalue weighted by Gasteiger charge is 2.33. The predicted molar refractivity (Wildman–Crippen MR) is 93.8 cm³/mol. The van der Waals surface area contributed by atoms with Gasteiger partial charge in [0.05, 0.1) is 0 Å². The van der Waals surface area contributed by atoms with Gasteiger partial charge in [-0.05, 0) is 25.5 Å². The maximum atomic E-state index is 12.5. The summed E-state index contributed by atoms with van der Waals surface area (Å²) in [6.45, 7) is 3.63. The van der Waals surface area contributed by atoms with E-state index in [4.69, 9.17) is 0 Å². The lowest BCUT2D eigenvalue weighted by Crippen LogP contribution is -2.46. The SMILES string of the molecule is Cc1ccc(N2CCC(NC(=O)CC3CSCCN3)C2=O)cc1. The highest BCUT2D eigenvalue weighted by molar-refractivity contribution is 7.99. The standard InChI is InChI=1S/C17H23N3O2S/c1-12-2-4-14(5-3-12)20-8-6-15(17(20)22)19-16(21)10-13-11-23-9-7-18-13/h2-5,13,15,18H,6-11H2,1H3,(H,19,21). The fourth-order valence-corrected chi connectivity index (χ4v) is 3.97. The zero-order valence-electron chi connectivity index (χ0n) is 13.4. The maximum absolute atomic E-state index is 12.5. The first-order chi connectivity index (χ1) is 11.1. The number of anilines is 1. The lowest BCUT2D eigenvalue weighted by molar-refractivity contribution is -0.126. The van der Waals surface area contributed by atoms with Crippen molar-refractivity contribution in [1.29, 1.82) is 0 Å². The second-order valence-electron chi connectivity index (χ2n) is 6.16. The summed E-state index contributed by atoms with van der Waals surface area (Å²) in [4.78, 5) is 26.4. The topological polar surface area (TPSA) is 61.4 Å². The highest BCUT2D eigenvalue weighted by atomic mass is 32.2. The number of hydrogen-bond acceptors (Lipinski definition) is 4. The zero-order chi connectivity index (χ0) is 16.2. The van der Waals surface area contributed by atoms with Gasteiger partial charge in [-0.25, -0.2) is 0 Å². The number of hydrogen-bond donors (Lipinski definition) is 2. The molecular formula is C17H23N3O2S. The first-order valence-electron chi connectivity index (χ1n) is 8.12. The molecule has 0 aromatic heterocycles. The Morgan fingerprint density at radius 1 is 1.39 bits per heavy atom. The van der Waals surface area contributed by atoms with E-state index in [0.717, 1.165) is 23.7 Å². The van der Waals surface area contributed by atoms with E-state index in [-0.39, 0.29) is 23.9 Å². The van der Waals surface area contributed by atoms with Crippen molar-refractivity contribution >= 4 is 29.3 Å². The molecule has 0 spiro atoms. The normalized spacial score (nSPS) is 24.7. The van der Waals surface area contributed by atoms with Gasteiger partial charge < -0.3 is 15.5 Å². The summed E-state index contributed by atoms with van der Waals surface area (Å²) in [5.41, 5.74) is 2.07. The third kappa shape index (κ3) is 4.06. The number of carbonyl (C=O) groups excluding carboxylic acids is 2. The third-order valence-corrected chi connectivity index (χ3v) is 5.45. The molecule has 2 unspecified atom stereocenters. The molecule has 0 saturated carbocycles. The van der Waals surface area contributed by atoms with Crippen LogP contribution in [0.3, 0.4) is 0 Å². The van der Waals surface area contributed by atoms with Crippen LogP contribution in [0.5, 0.6) is 0 Å². The summed E-state index contributed by atoms with van der Waals surface area (Å²) in [5.74, 6) is 2.02. The number of carbonyl (C=O) groups is 2. The minimum absolute atomic E-state index is 0.00631. The molecule has 3 rings (SSSR count). The van der Waals surface area contributed by atoms with Gasteiger partial charge in [0.2, 0.25) is 11.8 Å². The van der Waals surface area contributed by atoms with Gasteiger partial charge in [0, 0.05) is 42.7 Å². The Bertz CT molecular complexity index is 570. The largest absolute Gasteiger partial charge is 0.344 e. The van der Waals surface area contributed by atoms with Crippen LogP contribution in [-0.2, 0) is 9.59 Å². The Balaban J connectivity index is 1.54. The molecule has 1 aromatic rings. The molecule has 124 valence electrons. The summed E-state index contributed by atoms with van der Waals surface area (Å²) in [6, 6.07) is 7.75. The zero-order valence-corrected chi connectivity index (χ0v) is 14.2. The first kappa shape index (κ1) is 16.3. The van der Waals surface area contributed by atoms with Crippen molar-refractivity contribution < 1.29 is 9.59 Å². The minimum Gasteiger partial charge on any atom is -0.344 e. The van der Waals surface area contributed by atoms with Crippen molar-refractivity contribution in [2.75, 3.05) is 29.5 Å². The van der Waals surface area contributed by atoms with Crippen LogP contribution in [0.4, 0.5) is 5.69 Å². The first-order valence-corrected chi connectivity index (χ1v) is 9.27. The molecular weight excluding hydrogens is 310 g/mol. The van der Waals surface area contributed by atoms with Crippen LogP contribution in [0.1, 0.15) is 18.4 Å². The van der Waals surface area contributed by atoms with Crippen molar-refractivity contribution in [3.63, 3.8) is 0 Å². The van der Waals surface area contributed by atoms with Gasteiger partial charge in [0.25, 0.3) is 0 Å². The van der Waals surface area contributed by atoms with Crippen molar-refractivity contribution in [1.82, 2.24) is 10.6 Å². The molecule has 0 bridgehead atoms. The quantitative estimate of drug-likeness (QED) is 0.872. The molecule has 0 aliphatic carbocycles. The molecule has 1 aromatic carbocycles. The van der Waals surface area contributed by atoms with Crippen LogP contribution >= 0.6 is 11.8 Å². The maximum Gasteiger partial charge on any atom is 0.249 e. The average molecular weight is 333 g/mol. The molecule has 2 fully saturated rings.